The number of ether oxygens (including phenoxy) is 2. The van der Waals surface area contributed by atoms with Gasteiger partial charge in [-0.15, -0.1) is 0 Å². The molecule has 4 rings (SSSR count). The second-order valence-electron chi connectivity index (χ2n) is 8.19. The largest absolute Gasteiger partial charge is 0.491 e. The first-order valence-corrected chi connectivity index (χ1v) is 10.8. The Balaban J connectivity index is 1.45. The topological polar surface area (TPSA) is 89.8 Å². The molecule has 162 valence electrons. The fraction of sp³-hybridized carbons (Fsp3) is 0.591. The van der Waals surface area contributed by atoms with Crippen LogP contribution in [0.4, 0.5) is 0 Å². The fourth-order valence-electron chi connectivity index (χ4n) is 4.22. The number of hydrogen-bond acceptors (Lipinski definition) is 5. The standard InChI is InChI=1S/C22H32N6O2/c1-16(13-21(24-15-23)28-9-7-27(8-10-28)17-3-4-17)22-19-14-18(30-12-11-29-2)5-6-20(19)25-26-22/h5-6,14-17,23H,3-4,7-13H2,1-2H3,(H,25,26). The van der Waals surface area contributed by atoms with Crippen molar-refractivity contribution in [3.8, 4) is 5.75 Å². The van der Waals surface area contributed by atoms with Gasteiger partial charge >= 0.3 is 0 Å². The van der Waals surface area contributed by atoms with Gasteiger partial charge in [0, 0.05) is 62.7 Å². The first kappa shape index (κ1) is 20.8. The maximum atomic E-state index is 7.53. The number of aromatic nitrogens is 2. The Morgan fingerprint density at radius 2 is 2.10 bits per heavy atom. The van der Waals surface area contributed by atoms with Crippen LogP contribution in [0.2, 0.25) is 0 Å². The Kier molecular flexibility index (Phi) is 6.64. The molecule has 1 aliphatic carbocycles. The summed E-state index contributed by atoms with van der Waals surface area (Å²) in [5.74, 6) is 2.01. The summed E-state index contributed by atoms with van der Waals surface area (Å²) in [6, 6.07) is 6.77. The Hall–Kier alpha value is -2.45. The number of piperazine rings is 1. The smallest absolute Gasteiger partial charge is 0.120 e. The lowest BCUT2D eigenvalue weighted by Crippen LogP contribution is -2.49. The molecule has 1 atom stereocenters. The number of nitrogens with one attached hydrogen (secondary N) is 2. The molecule has 8 nitrogen and oxygen atoms in total. The summed E-state index contributed by atoms with van der Waals surface area (Å²) in [5, 5.41) is 16.3. The summed E-state index contributed by atoms with van der Waals surface area (Å²) in [6.45, 7) is 7.41. The highest BCUT2D eigenvalue weighted by Crippen LogP contribution is 2.30. The van der Waals surface area contributed by atoms with E-state index in [9.17, 15) is 0 Å². The molecule has 2 aromatic rings. The van der Waals surface area contributed by atoms with Crippen molar-refractivity contribution in [2.45, 2.75) is 38.1 Å². The zero-order chi connectivity index (χ0) is 20.9. The third-order valence-electron chi connectivity index (χ3n) is 6.05. The number of rotatable bonds is 9. The summed E-state index contributed by atoms with van der Waals surface area (Å²) in [6.07, 6.45) is 4.64. The number of amidine groups is 1. The van der Waals surface area contributed by atoms with E-state index >= 15 is 0 Å². The second kappa shape index (κ2) is 9.57. The molecule has 0 radical (unpaired) electrons. The van der Waals surface area contributed by atoms with Gasteiger partial charge in [-0.05, 0) is 31.0 Å². The minimum atomic E-state index is 0.199. The van der Waals surface area contributed by atoms with Gasteiger partial charge in [-0.2, -0.15) is 5.10 Å². The first-order chi connectivity index (χ1) is 14.7. The molecule has 1 saturated heterocycles. The number of fused-ring (bicyclic) bond motifs is 1. The SMILES string of the molecule is COCCOc1ccc2n[nH]c(C(C)CC(=NC=N)N3CCN(C4CC4)CC3)c2c1. The van der Waals surface area contributed by atoms with Crippen molar-refractivity contribution in [1.82, 2.24) is 20.0 Å². The van der Waals surface area contributed by atoms with Gasteiger partial charge < -0.3 is 14.4 Å². The van der Waals surface area contributed by atoms with Gasteiger partial charge in [0.1, 0.15) is 24.5 Å². The molecule has 2 aliphatic rings. The van der Waals surface area contributed by atoms with Crippen LogP contribution in [-0.2, 0) is 4.74 Å². The highest BCUT2D eigenvalue weighted by molar-refractivity contribution is 5.90. The van der Waals surface area contributed by atoms with Gasteiger partial charge in [-0.25, -0.2) is 4.99 Å². The summed E-state index contributed by atoms with van der Waals surface area (Å²) in [5.41, 5.74) is 2.01. The minimum Gasteiger partial charge on any atom is -0.491 e. The molecule has 2 N–H and O–H groups in total. The van der Waals surface area contributed by atoms with Crippen molar-refractivity contribution in [3.63, 3.8) is 0 Å². The molecule has 0 bridgehead atoms. The Bertz CT molecular complexity index is 883. The number of benzene rings is 1. The van der Waals surface area contributed by atoms with Crippen LogP contribution in [0, 0.1) is 5.41 Å². The fourth-order valence-corrected chi connectivity index (χ4v) is 4.22. The average Bonchev–Trinajstić information content (AvgIpc) is 3.53. The molecule has 1 aromatic carbocycles. The van der Waals surface area contributed by atoms with E-state index in [1.165, 1.54) is 19.2 Å². The van der Waals surface area contributed by atoms with Crippen LogP contribution in [0.15, 0.2) is 23.2 Å². The summed E-state index contributed by atoms with van der Waals surface area (Å²) >= 11 is 0. The number of nitrogens with zero attached hydrogens (tertiary/aromatic N) is 4. The van der Waals surface area contributed by atoms with E-state index in [0.29, 0.717) is 13.2 Å². The van der Waals surface area contributed by atoms with Crippen molar-refractivity contribution in [1.29, 1.82) is 5.41 Å². The van der Waals surface area contributed by atoms with E-state index in [1.807, 2.05) is 18.2 Å². The second-order valence-corrected chi connectivity index (χ2v) is 8.19. The van der Waals surface area contributed by atoms with Gasteiger partial charge in [0.2, 0.25) is 0 Å². The summed E-state index contributed by atoms with van der Waals surface area (Å²) in [4.78, 5) is 9.36. The maximum absolute atomic E-state index is 7.53. The molecule has 2 fully saturated rings. The van der Waals surface area contributed by atoms with Crippen molar-refractivity contribution >= 4 is 23.1 Å². The predicted molar refractivity (Wildman–Crippen MR) is 119 cm³/mol. The third kappa shape index (κ3) is 4.82. The lowest BCUT2D eigenvalue weighted by Gasteiger charge is -2.37. The molecule has 2 heterocycles. The monoisotopic (exact) mass is 412 g/mol. The van der Waals surface area contributed by atoms with Crippen molar-refractivity contribution in [2.24, 2.45) is 4.99 Å². The minimum absolute atomic E-state index is 0.199. The summed E-state index contributed by atoms with van der Waals surface area (Å²) in [7, 11) is 1.67. The molecule has 1 aromatic heterocycles. The molecule has 1 aliphatic heterocycles. The molecule has 1 unspecified atom stereocenters. The van der Waals surface area contributed by atoms with E-state index in [2.05, 4.69) is 31.9 Å². The van der Waals surface area contributed by atoms with Gasteiger partial charge in [-0.3, -0.25) is 15.4 Å². The number of hydrogen-bond donors (Lipinski definition) is 2. The van der Waals surface area contributed by atoms with Crippen molar-refractivity contribution in [3.05, 3.63) is 23.9 Å². The zero-order valence-corrected chi connectivity index (χ0v) is 17.9. The molecule has 8 heteroatoms. The quantitative estimate of drug-likeness (QED) is 0.376. The van der Waals surface area contributed by atoms with Crippen LogP contribution in [0.25, 0.3) is 10.9 Å². The molecular weight excluding hydrogens is 380 g/mol. The number of H-pyrrole nitrogens is 1. The van der Waals surface area contributed by atoms with Gasteiger partial charge in [0.15, 0.2) is 0 Å². The van der Waals surface area contributed by atoms with Crippen LogP contribution in [-0.4, -0.2) is 84.7 Å². The van der Waals surface area contributed by atoms with E-state index < -0.39 is 0 Å². The number of methoxy groups -OCH3 is 1. The Morgan fingerprint density at radius 3 is 2.80 bits per heavy atom. The maximum Gasteiger partial charge on any atom is 0.120 e. The Morgan fingerprint density at radius 1 is 1.30 bits per heavy atom. The highest BCUT2D eigenvalue weighted by Gasteiger charge is 2.32. The average molecular weight is 413 g/mol. The van der Waals surface area contributed by atoms with E-state index in [-0.39, 0.29) is 5.92 Å². The van der Waals surface area contributed by atoms with E-state index in [4.69, 9.17) is 14.9 Å². The molecular formula is C22H32N6O2. The zero-order valence-electron chi connectivity index (χ0n) is 17.9. The molecule has 0 amide bonds. The van der Waals surface area contributed by atoms with Crippen LogP contribution >= 0.6 is 0 Å². The van der Waals surface area contributed by atoms with Crippen LogP contribution < -0.4 is 4.74 Å². The van der Waals surface area contributed by atoms with Crippen LogP contribution in [0.5, 0.6) is 5.75 Å². The van der Waals surface area contributed by atoms with Gasteiger partial charge in [0.05, 0.1) is 12.1 Å². The molecule has 0 spiro atoms. The van der Waals surface area contributed by atoms with Crippen molar-refractivity contribution in [2.75, 3.05) is 46.5 Å². The predicted octanol–water partition coefficient (Wildman–Crippen LogP) is 2.87. The third-order valence-corrected chi connectivity index (χ3v) is 6.05. The first-order valence-electron chi connectivity index (χ1n) is 10.8. The van der Waals surface area contributed by atoms with Gasteiger partial charge in [0.25, 0.3) is 0 Å². The lowest BCUT2D eigenvalue weighted by molar-refractivity contribution is 0.146. The number of aliphatic imine (C=N–C) groups is 1. The lowest BCUT2D eigenvalue weighted by atomic mass is 9.99. The molecule has 1 saturated carbocycles. The molecule has 30 heavy (non-hydrogen) atoms. The van der Waals surface area contributed by atoms with Gasteiger partial charge in [-0.1, -0.05) is 6.92 Å². The van der Waals surface area contributed by atoms with E-state index in [1.54, 1.807) is 7.11 Å². The van der Waals surface area contributed by atoms with Crippen LogP contribution in [0.3, 0.4) is 0 Å². The normalized spacial score (nSPS) is 19.3. The summed E-state index contributed by atoms with van der Waals surface area (Å²) < 4.78 is 10.8. The Labute approximate surface area is 177 Å². The highest BCUT2D eigenvalue weighted by atomic mass is 16.5. The van der Waals surface area contributed by atoms with E-state index in [0.717, 1.165) is 66.8 Å². The van der Waals surface area contributed by atoms with Crippen molar-refractivity contribution < 1.29 is 9.47 Å². The number of aromatic amines is 1. The van der Waals surface area contributed by atoms with Crippen LogP contribution in [0.1, 0.15) is 37.8 Å².